The van der Waals surface area contributed by atoms with Crippen molar-refractivity contribution in [1.29, 1.82) is 0 Å². The van der Waals surface area contributed by atoms with Crippen molar-refractivity contribution in [3.63, 3.8) is 0 Å². The van der Waals surface area contributed by atoms with E-state index in [9.17, 15) is 4.79 Å². The zero-order valence-corrected chi connectivity index (χ0v) is 11.9. The summed E-state index contributed by atoms with van der Waals surface area (Å²) in [5, 5.41) is 4.37. The fourth-order valence-electron chi connectivity index (χ4n) is 3.08. The number of hydrogen-bond acceptors (Lipinski definition) is 1. The topological polar surface area (TPSA) is 31.2 Å². The summed E-state index contributed by atoms with van der Waals surface area (Å²) in [4.78, 5) is 12.8. The van der Waals surface area contributed by atoms with E-state index in [1.165, 1.54) is 0 Å². The molecule has 0 bridgehead atoms. The average molecular weight is 284 g/mol. The predicted octanol–water partition coefficient (Wildman–Crippen LogP) is 4.26. The van der Waals surface area contributed by atoms with Gasteiger partial charge in [-0.2, -0.15) is 0 Å². The Balaban J connectivity index is 1.99. The van der Waals surface area contributed by atoms with Crippen LogP contribution in [-0.4, -0.2) is 5.91 Å². The molecular weight excluding hydrogens is 270 g/mol. The second-order valence-electron chi connectivity index (χ2n) is 5.40. The molecule has 0 saturated carbocycles. The highest BCUT2D eigenvalue weighted by Crippen LogP contribution is 2.40. The number of hydrogen-bond donors (Lipinski definition) is 0. The molecule has 4 rings (SSSR count). The second kappa shape index (κ2) is 5.15. The van der Waals surface area contributed by atoms with Crippen LogP contribution in [0.4, 0.5) is 5.69 Å². The minimum atomic E-state index is -0.343. The van der Waals surface area contributed by atoms with E-state index >= 15 is 0 Å². The summed E-state index contributed by atoms with van der Waals surface area (Å²) in [5.41, 5.74) is 4.86. The van der Waals surface area contributed by atoms with Crippen LogP contribution in [0.1, 0.15) is 17.0 Å². The molecule has 22 heavy (non-hydrogen) atoms. The molecule has 0 spiro atoms. The van der Waals surface area contributed by atoms with E-state index in [2.05, 4.69) is 11.4 Å². The van der Waals surface area contributed by atoms with Crippen LogP contribution < -0.4 is 5.32 Å². The maximum absolute atomic E-state index is 12.8. The zero-order chi connectivity index (χ0) is 14.9. The second-order valence-corrected chi connectivity index (χ2v) is 5.40. The lowest BCUT2D eigenvalue weighted by Crippen LogP contribution is -2.20. The molecule has 2 heteroatoms. The van der Waals surface area contributed by atoms with Crippen LogP contribution in [0.2, 0.25) is 0 Å². The molecule has 2 nitrogen and oxygen atoms in total. The summed E-state index contributed by atoms with van der Waals surface area (Å²) in [6.45, 7) is 0. The number of carbonyl (C=O) groups excluding carboxylic acids is 1. The van der Waals surface area contributed by atoms with Gasteiger partial charge in [-0.1, -0.05) is 72.8 Å². The van der Waals surface area contributed by atoms with Gasteiger partial charge in [0.25, 0.3) is 5.91 Å². The predicted molar refractivity (Wildman–Crippen MR) is 87.0 cm³/mol. The summed E-state index contributed by atoms with van der Waals surface area (Å²) in [7, 11) is 0. The first-order chi connectivity index (χ1) is 10.8. The summed E-state index contributed by atoms with van der Waals surface area (Å²) in [6.07, 6.45) is 0. The van der Waals surface area contributed by atoms with E-state index < -0.39 is 0 Å². The first kappa shape index (κ1) is 12.8. The smallest absolute Gasteiger partial charge is 0.258 e. The standard InChI is InChI=1S/C20H14NO/c22-20-19(14-8-2-1-3-9-14)17-12-5-4-10-15(17)16-11-6-7-13-18(16)21-20/h1-13,19H. The van der Waals surface area contributed by atoms with Crippen molar-refractivity contribution in [3.05, 3.63) is 90.0 Å². The summed E-state index contributed by atoms with van der Waals surface area (Å²) < 4.78 is 0. The third kappa shape index (κ3) is 2.01. The monoisotopic (exact) mass is 284 g/mol. The average Bonchev–Trinajstić information content (AvgIpc) is 2.69. The van der Waals surface area contributed by atoms with Gasteiger partial charge in [0.1, 0.15) is 0 Å². The van der Waals surface area contributed by atoms with Gasteiger partial charge in [-0.05, 0) is 22.8 Å². The van der Waals surface area contributed by atoms with Crippen LogP contribution in [-0.2, 0) is 4.79 Å². The van der Waals surface area contributed by atoms with Crippen LogP contribution in [0.5, 0.6) is 0 Å². The largest absolute Gasteiger partial charge is 0.271 e. The highest BCUT2D eigenvalue weighted by Gasteiger charge is 2.30. The lowest BCUT2D eigenvalue weighted by atomic mass is 9.86. The fraction of sp³-hybridized carbons (Fsp3) is 0.0500. The first-order valence-corrected chi connectivity index (χ1v) is 7.33. The van der Waals surface area contributed by atoms with Gasteiger partial charge >= 0.3 is 0 Å². The number of rotatable bonds is 1. The molecule has 0 aromatic heterocycles. The molecule has 1 radical (unpaired) electrons. The Bertz CT molecular complexity index is 839. The molecule has 1 unspecified atom stereocenters. The van der Waals surface area contributed by atoms with Gasteiger partial charge in [-0.25, -0.2) is 5.32 Å². The maximum Gasteiger partial charge on any atom is 0.258 e. The molecule has 0 saturated heterocycles. The van der Waals surface area contributed by atoms with E-state index in [0.29, 0.717) is 0 Å². The highest BCUT2D eigenvalue weighted by molar-refractivity contribution is 5.98. The van der Waals surface area contributed by atoms with Gasteiger partial charge < -0.3 is 0 Å². The lowest BCUT2D eigenvalue weighted by Gasteiger charge is -2.16. The van der Waals surface area contributed by atoms with Crippen molar-refractivity contribution < 1.29 is 4.79 Å². The van der Waals surface area contributed by atoms with E-state index in [1.807, 2.05) is 72.8 Å². The van der Waals surface area contributed by atoms with Crippen molar-refractivity contribution in [1.82, 2.24) is 5.32 Å². The minimum absolute atomic E-state index is 0.108. The molecule has 0 N–H and O–H groups in total. The Labute approximate surface area is 129 Å². The van der Waals surface area contributed by atoms with Gasteiger partial charge in [0.15, 0.2) is 0 Å². The molecule has 0 aliphatic carbocycles. The van der Waals surface area contributed by atoms with E-state index in [-0.39, 0.29) is 11.8 Å². The third-order valence-corrected chi connectivity index (χ3v) is 4.08. The molecule has 3 aromatic rings. The van der Waals surface area contributed by atoms with Gasteiger partial charge in [-0.3, -0.25) is 4.79 Å². The van der Waals surface area contributed by atoms with Crippen molar-refractivity contribution in [2.45, 2.75) is 5.92 Å². The van der Waals surface area contributed by atoms with Gasteiger partial charge in [0, 0.05) is 5.56 Å². The van der Waals surface area contributed by atoms with E-state index in [0.717, 1.165) is 27.9 Å². The normalized spacial score (nSPS) is 16.2. The van der Waals surface area contributed by atoms with Gasteiger partial charge in [0.2, 0.25) is 0 Å². The Kier molecular flexibility index (Phi) is 3.01. The molecule has 1 atom stereocenters. The van der Waals surface area contributed by atoms with Gasteiger partial charge in [0.05, 0.1) is 11.6 Å². The zero-order valence-electron chi connectivity index (χ0n) is 11.9. The number of benzene rings is 3. The summed E-state index contributed by atoms with van der Waals surface area (Å²) in [5.74, 6) is -0.451. The molecule has 105 valence electrons. The van der Waals surface area contributed by atoms with Gasteiger partial charge in [-0.15, -0.1) is 0 Å². The SMILES string of the molecule is O=C1[N]c2ccccc2-c2ccccc2C1c1ccccc1. The fourth-order valence-corrected chi connectivity index (χ4v) is 3.08. The quantitative estimate of drug-likeness (QED) is 0.657. The number of fused-ring (bicyclic) bond motifs is 3. The highest BCUT2D eigenvalue weighted by atomic mass is 16.1. The molecule has 0 fully saturated rings. The van der Waals surface area contributed by atoms with Crippen LogP contribution in [0.15, 0.2) is 78.9 Å². The third-order valence-electron chi connectivity index (χ3n) is 4.08. The van der Waals surface area contributed by atoms with Crippen LogP contribution in [0, 0.1) is 0 Å². The lowest BCUT2D eigenvalue weighted by molar-refractivity contribution is -0.120. The Morgan fingerprint density at radius 3 is 2.14 bits per heavy atom. The van der Waals surface area contributed by atoms with E-state index in [1.54, 1.807) is 0 Å². The summed E-state index contributed by atoms with van der Waals surface area (Å²) in [6, 6.07) is 25.8. The molecule has 3 aromatic carbocycles. The Morgan fingerprint density at radius 1 is 0.682 bits per heavy atom. The molecule has 1 amide bonds. The van der Waals surface area contributed by atoms with Crippen molar-refractivity contribution in [2.75, 3.05) is 0 Å². The number of nitrogens with zero attached hydrogens (tertiary/aromatic N) is 1. The number of para-hydroxylation sites is 1. The molecule has 1 aliphatic rings. The molecule has 1 heterocycles. The molecule has 1 aliphatic heterocycles. The van der Waals surface area contributed by atoms with Crippen molar-refractivity contribution >= 4 is 11.6 Å². The maximum atomic E-state index is 12.8. The van der Waals surface area contributed by atoms with Crippen LogP contribution >= 0.6 is 0 Å². The van der Waals surface area contributed by atoms with Crippen molar-refractivity contribution in [3.8, 4) is 11.1 Å². The van der Waals surface area contributed by atoms with Crippen LogP contribution in [0.3, 0.4) is 0 Å². The summed E-state index contributed by atoms with van der Waals surface area (Å²) >= 11 is 0. The van der Waals surface area contributed by atoms with Crippen molar-refractivity contribution in [2.24, 2.45) is 0 Å². The van der Waals surface area contributed by atoms with E-state index in [4.69, 9.17) is 0 Å². The Hall–Kier alpha value is -2.87. The first-order valence-electron chi connectivity index (χ1n) is 7.33. The van der Waals surface area contributed by atoms with Crippen LogP contribution in [0.25, 0.3) is 11.1 Å². The number of amides is 1. The minimum Gasteiger partial charge on any atom is -0.271 e. The molecular formula is C20H14NO. The Morgan fingerprint density at radius 2 is 1.32 bits per heavy atom. The number of carbonyl (C=O) groups is 1.